The third kappa shape index (κ3) is 1.92. The van der Waals surface area contributed by atoms with Gasteiger partial charge in [0.15, 0.2) is 0 Å². The van der Waals surface area contributed by atoms with Crippen molar-refractivity contribution in [1.82, 2.24) is 4.98 Å². The average molecular weight is 198 g/mol. The number of halogens is 1. The number of morpholine rings is 1. The number of hydrogen-bond donors (Lipinski definition) is 0. The molecule has 0 atom stereocenters. The van der Waals surface area contributed by atoms with Gasteiger partial charge in [-0.1, -0.05) is 11.6 Å². The Kier molecular flexibility index (Phi) is 2.66. The maximum Gasteiger partial charge on any atom is 0.147 e. The summed E-state index contributed by atoms with van der Waals surface area (Å²) in [6.45, 7) is 3.21. The summed E-state index contributed by atoms with van der Waals surface area (Å²) in [5.41, 5.74) is 0. The van der Waals surface area contributed by atoms with Crippen LogP contribution in [0.2, 0.25) is 5.02 Å². The van der Waals surface area contributed by atoms with Gasteiger partial charge in [0, 0.05) is 25.4 Å². The third-order valence-electron chi connectivity index (χ3n) is 2.00. The topological polar surface area (TPSA) is 25.4 Å². The van der Waals surface area contributed by atoms with E-state index >= 15 is 0 Å². The second-order valence-corrected chi connectivity index (χ2v) is 3.25. The minimum Gasteiger partial charge on any atom is -0.378 e. The van der Waals surface area contributed by atoms with Crippen LogP contribution in [0, 0.1) is 6.07 Å². The van der Waals surface area contributed by atoms with Crippen LogP contribution >= 0.6 is 11.6 Å². The molecule has 1 aromatic rings. The second-order valence-electron chi connectivity index (χ2n) is 2.84. The molecule has 0 amide bonds. The first-order valence-electron chi connectivity index (χ1n) is 4.22. The first kappa shape index (κ1) is 8.78. The molecule has 13 heavy (non-hydrogen) atoms. The Morgan fingerprint density at radius 3 is 2.92 bits per heavy atom. The first-order chi connectivity index (χ1) is 6.38. The third-order valence-corrected chi connectivity index (χ3v) is 2.27. The monoisotopic (exact) mass is 197 g/mol. The second kappa shape index (κ2) is 3.94. The SMILES string of the molecule is Clc1c[c]cnc1N1CCOCC1. The maximum atomic E-state index is 5.98. The molecular formula is C9H10ClN2O. The van der Waals surface area contributed by atoms with Crippen molar-refractivity contribution in [3.8, 4) is 0 Å². The van der Waals surface area contributed by atoms with Gasteiger partial charge in [0.2, 0.25) is 0 Å². The van der Waals surface area contributed by atoms with Crippen LogP contribution in [0.3, 0.4) is 0 Å². The number of ether oxygens (including phenoxy) is 1. The minimum absolute atomic E-state index is 0.657. The lowest BCUT2D eigenvalue weighted by atomic mass is 10.4. The molecule has 0 bridgehead atoms. The fourth-order valence-corrected chi connectivity index (χ4v) is 1.57. The number of rotatable bonds is 1. The van der Waals surface area contributed by atoms with E-state index in [1.54, 1.807) is 12.3 Å². The zero-order valence-electron chi connectivity index (χ0n) is 7.16. The van der Waals surface area contributed by atoms with Crippen LogP contribution < -0.4 is 4.90 Å². The summed E-state index contributed by atoms with van der Waals surface area (Å²) < 4.78 is 5.24. The molecule has 0 N–H and O–H groups in total. The van der Waals surface area contributed by atoms with Crippen LogP contribution in [0.25, 0.3) is 0 Å². The molecule has 2 heterocycles. The van der Waals surface area contributed by atoms with Gasteiger partial charge in [-0.2, -0.15) is 0 Å². The zero-order valence-corrected chi connectivity index (χ0v) is 7.92. The smallest absolute Gasteiger partial charge is 0.147 e. The van der Waals surface area contributed by atoms with Crippen LogP contribution in [0.5, 0.6) is 0 Å². The number of aromatic nitrogens is 1. The molecule has 2 rings (SSSR count). The highest BCUT2D eigenvalue weighted by molar-refractivity contribution is 6.32. The van der Waals surface area contributed by atoms with Crippen LogP contribution in [0.15, 0.2) is 12.3 Å². The number of anilines is 1. The van der Waals surface area contributed by atoms with Gasteiger partial charge >= 0.3 is 0 Å². The zero-order chi connectivity index (χ0) is 9.10. The van der Waals surface area contributed by atoms with Crippen LogP contribution in [0.4, 0.5) is 5.82 Å². The Balaban J connectivity index is 2.18. The minimum atomic E-state index is 0.657. The van der Waals surface area contributed by atoms with Gasteiger partial charge in [0.1, 0.15) is 5.82 Å². The van der Waals surface area contributed by atoms with Crippen molar-refractivity contribution in [3.05, 3.63) is 23.4 Å². The highest BCUT2D eigenvalue weighted by Crippen LogP contribution is 2.22. The fourth-order valence-electron chi connectivity index (χ4n) is 1.34. The predicted molar refractivity (Wildman–Crippen MR) is 51.1 cm³/mol. The molecule has 0 saturated carbocycles. The van der Waals surface area contributed by atoms with Gasteiger partial charge in [-0.05, 0) is 6.07 Å². The lowest BCUT2D eigenvalue weighted by molar-refractivity contribution is 0.122. The summed E-state index contributed by atoms with van der Waals surface area (Å²) in [4.78, 5) is 6.31. The molecule has 3 nitrogen and oxygen atoms in total. The molecule has 0 aliphatic carbocycles. The molecule has 0 spiro atoms. The summed E-state index contributed by atoms with van der Waals surface area (Å²) in [6.07, 6.45) is 1.64. The van der Waals surface area contributed by atoms with Crippen LogP contribution in [-0.4, -0.2) is 31.3 Å². The van der Waals surface area contributed by atoms with E-state index in [4.69, 9.17) is 16.3 Å². The van der Waals surface area contributed by atoms with Crippen molar-refractivity contribution in [1.29, 1.82) is 0 Å². The first-order valence-corrected chi connectivity index (χ1v) is 4.60. The van der Waals surface area contributed by atoms with Crippen LogP contribution in [-0.2, 0) is 4.74 Å². The predicted octanol–water partition coefficient (Wildman–Crippen LogP) is 1.37. The number of nitrogens with zero attached hydrogens (tertiary/aromatic N) is 2. The van der Waals surface area contributed by atoms with E-state index in [1.165, 1.54) is 0 Å². The molecule has 1 aliphatic heterocycles. The van der Waals surface area contributed by atoms with E-state index < -0.39 is 0 Å². The van der Waals surface area contributed by atoms with Gasteiger partial charge in [0.05, 0.1) is 18.2 Å². The van der Waals surface area contributed by atoms with E-state index in [0.717, 1.165) is 32.1 Å². The Morgan fingerprint density at radius 1 is 1.46 bits per heavy atom. The number of pyridine rings is 1. The van der Waals surface area contributed by atoms with Gasteiger partial charge in [-0.15, -0.1) is 0 Å². The quantitative estimate of drug-likeness (QED) is 0.680. The molecular weight excluding hydrogens is 188 g/mol. The highest BCUT2D eigenvalue weighted by Gasteiger charge is 2.14. The fraction of sp³-hybridized carbons (Fsp3) is 0.444. The molecule has 69 valence electrons. The van der Waals surface area contributed by atoms with Gasteiger partial charge in [0.25, 0.3) is 0 Å². The summed E-state index contributed by atoms with van der Waals surface area (Å²) in [5, 5.41) is 0.657. The standard InChI is InChI=1S/C9H10ClN2O/c10-8-2-1-3-11-9(8)12-4-6-13-7-5-12/h2-3H,4-7H2. The van der Waals surface area contributed by atoms with Crippen molar-refractivity contribution in [2.24, 2.45) is 0 Å². The van der Waals surface area contributed by atoms with E-state index in [-0.39, 0.29) is 0 Å². The van der Waals surface area contributed by atoms with E-state index in [9.17, 15) is 0 Å². The Labute approximate surface area is 82.3 Å². The van der Waals surface area contributed by atoms with Gasteiger partial charge in [-0.3, -0.25) is 0 Å². The largest absolute Gasteiger partial charge is 0.378 e. The Morgan fingerprint density at radius 2 is 2.23 bits per heavy atom. The van der Waals surface area contributed by atoms with Crippen molar-refractivity contribution in [2.45, 2.75) is 0 Å². The molecule has 1 radical (unpaired) electrons. The van der Waals surface area contributed by atoms with E-state index in [0.29, 0.717) is 5.02 Å². The van der Waals surface area contributed by atoms with Crippen molar-refractivity contribution < 1.29 is 4.74 Å². The van der Waals surface area contributed by atoms with Crippen molar-refractivity contribution in [3.63, 3.8) is 0 Å². The summed E-state index contributed by atoms with van der Waals surface area (Å²) in [7, 11) is 0. The molecule has 1 aromatic heterocycles. The molecule has 4 heteroatoms. The van der Waals surface area contributed by atoms with Gasteiger partial charge < -0.3 is 9.64 Å². The van der Waals surface area contributed by atoms with E-state index in [1.807, 2.05) is 0 Å². The molecule has 0 aromatic carbocycles. The van der Waals surface area contributed by atoms with Crippen LogP contribution in [0.1, 0.15) is 0 Å². The highest BCUT2D eigenvalue weighted by atomic mass is 35.5. The Bertz CT molecular complexity index is 287. The van der Waals surface area contributed by atoms with Crippen molar-refractivity contribution in [2.75, 3.05) is 31.2 Å². The molecule has 1 aliphatic rings. The lowest BCUT2D eigenvalue weighted by Crippen LogP contribution is -2.36. The summed E-state index contributed by atoms with van der Waals surface area (Å²) >= 11 is 5.98. The molecule has 1 fully saturated rings. The molecule has 0 unspecified atom stereocenters. The summed E-state index contributed by atoms with van der Waals surface area (Å²) in [6, 6.07) is 4.57. The normalized spacial score (nSPS) is 17.5. The van der Waals surface area contributed by atoms with E-state index in [2.05, 4.69) is 16.0 Å². The Hall–Kier alpha value is -0.800. The summed E-state index contributed by atoms with van der Waals surface area (Å²) in [5.74, 6) is 0.837. The van der Waals surface area contributed by atoms with Gasteiger partial charge in [-0.25, -0.2) is 4.98 Å². The average Bonchev–Trinajstić information content (AvgIpc) is 2.20. The van der Waals surface area contributed by atoms with Crippen molar-refractivity contribution >= 4 is 17.4 Å². The lowest BCUT2D eigenvalue weighted by Gasteiger charge is -2.28. The maximum absolute atomic E-state index is 5.98. The molecule has 1 saturated heterocycles. The number of hydrogen-bond acceptors (Lipinski definition) is 3.